The van der Waals surface area contributed by atoms with Crippen molar-refractivity contribution < 1.29 is 32.3 Å². The molecule has 5 nitrogen and oxygen atoms in total. The van der Waals surface area contributed by atoms with Gasteiger partial charge < -0.3 is 14.8 Å². The van der Waals surface area contributed by atoms with Crippen LogP contribution in [-0.2, 0) is 11.0 Å². The van der Waals surface area contributed by atoms with Gasteiger partial charge >= 0.3 is 12.1 Å². The summed E-state index contributed by atoms with van der Waals surface area (Å²) < 4.78 is 43.8. The first-order valence-corrected chi connectivity index (χ1v) is 8.81. The highest BCUT2D eigenvalue weighted by Crippen LogP contribution is 2.36. The van der Waals surface area contributed by atoms with Crippen molar-refractivity contribution in [2.75, 3.05) is 0 Å². The predicted molar refractivity (Wildman–Crippen MR) is 104 cm³/mol. The molecular weight excluding hydrogens is 423 g/mol. The van der Waals surface area contributed by atoms with Crippen LogP contribution in [-0.4, -0.2) is 17.0 Å². The van der Waals surface area contributed by atoms with E-state index in [2.05, 4.69) is 5.32 Å². The molecule has 2 N–H and O–H groups in total. The maximum Gasteiger partial charge on any atom is 0.416 e. The first-order chi connectivity index (χ1) is 14.1. The van der Waals surface area contributed by atoms with E-state index in [1.165, 1.54) is 24.3 Å². The van der Waals surface area contributed by atoms with Gasteiger partial charge in [-0.3, -0.25) is 4.79 Å². The fourth-order valence-corrected chi connectivity index (χ4v) is 2.82. The van der Waals surface area contributed by atoms with Crippen LogP contribution in [0.1, 0.15) is 21.7 Å². The number of nitrogens with one attached hydrogen (secondary N) is 1. The molecule has 1 heterocycles. The topological polar surface area (TPSA) is 79.5 Å². The largest absolute Gasteiger partial charge is 0.477 e. The molecule has 0 aliphatic rings. The Labute approximate surface area is 173 Å². The Hall–Kier alpha value is -3.52. The Morgan fingerprint density at radius 2 is 1.73 bits per heavy atom. The number of benzene rings is 2. The summed E-state index contributed by atoms with van der Waals surface area (Å²) in [6.07, 6.45) is -3.45. The minimum Gasteiger partial charge on any atom is -0.477 e. The minimum absolute atomic E-state index is 0.0618. The molecule has 30 heavy (non-hydrogen) atoms. The molecule has 0 radical (unpaired) electrons. The molecule has 0 fully saturated rings. The number of carboxylic acids is 1. The number of carbonyl (C=O) groups is 2. The molecule has 9 heteroatoms. The Morgan fingerprint density at radius 3 is 2.33 bits per heavy atom. The van der Waals surface area contributed by atoms with Crippen molar-refractivity contribution in [2.24, 2.45) is 0 Å². The lowest BCUT2D eigenvalue weighted by atomic mass is 10.1. The average molecular weight is 436 g/mol. The van der Waals surface area contributed by atoms with Crippen LogP contribution in [0.2, 0.25) is 5.02 Å². The van der Waals surface area contributed by atoms with E-state index < -0.39 is 29.3 Å². The lowest BCUT2D eigenvalue weighted by Crippen LogP contribution is -2.27. The van der Waals surface area contributed by atoms with Crippen molar-refractivity contribution >= 4 is 29.6 Å². The number of rotatable bonds is 5. The van der Waals surface area contributed by atoms with Crippen molar-refractivity contribution in [3.63, 3.8) is 0 Å². The third kappa shape index (κ3) is 4.90. The van der Waals surface area contributed by atoms with Gasteiger partial charge in [-0.2, -0.15) is 13.2 Å². The number of halogens is 4. The Balaban J connectivity index is 1.86. The fraction of sp³-hybridized carbons (Fsp3) is 0.0476. The molecule has 3 rings (SSSR count). The predicted octanol–water partition coefficient (Wildman–Crippen LogP) is 5.47. The minimum atomic E-state index is -4.54. The molecule has 0 unspecified atom stereocenters. The number of amides is 1. The number of furan rings is 1. The average Bonchev–Trinajstić information content (AvgIpc) is 3.15. The van der Waals surface area contributed by atoms with Crippen LogP contribution in [0.15, 0.2) is 70.8 Å². The first kappa shape index (κ1) is 21.2. The second-order valence-electron chi connectivity index (χ2n) is 6.08. The van der Waals surface area contributed by atoms with Gasteiger partial charge in [0.2, 0.25) is 0 Å². The molecule has 154 valence electrons. The van der Waals surface area contributed by atoms with E-state index >= 15 is 0 Å². The molecule has 0 bridgehead atoms. The van der Waals surface area contributed by atoms with Crippen LogP contribution in [0.3, 0.4) is 0 Å². The van der Waals surface area contributed by atoms with Crippen LogP contribution in [0.5, 0.6) is 0 Å². The van der Waals surface area contributed by atoms with E-state index in [0.717, 1.165) is 24.3 Å². The molecule has 1 amide bonds. The van der Waals surface area contributed by atoms with Crippen molar-refractivity contribution in [3.8, 4) is 11.3 Å². The molecule has 3 aromatic rings. The zero-order valence-electron chi connectivity index (χ0n) is 15.0. The Morgan fingerprint density at radius 1 is 1.03 bits per heavy atom. The molecule has 2 aromatic carbocycles. The van der Waals surface area contributed by atoms with Crippen LogP contribution in [0.25, 0.3) is 17.4 Å². The van der Waals surface area contributed by atoms with E-state index in [-0.39, 0.29) is 27.7 Å². The third-order valence-electron chi connectivity index (χ3n) is 3.99. The lowest BCUT2D eigenvalue weighted by Gasteiger charge is -2.08. The maximum atomic E-state index is 12.8. The van der Waals surface area contributed by atoms with Crippen molar-refractivity contribution in [1.82, 2.24) is 5.32 Å². The monoisotopic (exact) mass is 435 g/mol. The van der Waals surface area contributed by atoms with Gasteiger partial charge in [0.05, 0.1) is 10.6 Å². The lowest BCUT2D eigenvalue weighted by molar-refractivity contribution is -0.137. The molecule has 0 saturated carbocycles. The standard InChI is InChI=1S/C21H13ClF3NO4/c22-16-10-13(21(23,24)25)6-8-15(16)18-9-7-14(30-18)11-17(20(28)29)26-19(27)12-4-2-1-3-5-12/h1-11H,(H,26,27)(H,28,29)/b17-11+. The van der Waals surface area contributed by atoms with Crippen LogP contribution in [0, 0.1) is 0 Å². The van der Waals surface area contributed by atoms with Crippen LogP contribution in [0.4, 0.5) is 13.2 Å². The Bertz CT molecular complexity index is 1120. The van der Waals surface area contributed by atoms with Gasteiger partial charge in [-0.25, -0.2) is 4.79 Å². The summed E-state index contributed by atoms with van der Waals surface area (Å²) >= 11 is 5.95. The van der Waals surface area contributed by atoms with E-state index in [9.17, 15) is 27.9 Å². The first-order valence-electron chi connectivity index (χ1n) is 8.43. The van der Waals surface area contributed by atoms with Crippen LogP contribution < -0.4 is 5.32 Å². The quantitative estimate of drug-likeness (QED) is 0.520. The second kappa shape index (κ2) is 8.46. The van der Waals surface area contributed by atoms with E-state index in [0.29, 0.717) is 0 Å². The zero-order chi connectivity index (χ0) is 21.9. The highest BCUT2D eigenvalue weighted by atomic mass is 35.5. The van der Waals surface area contributed by atoms with E-state index in [4.69, 9.17) is 16.0 Å². The fourth-order valence-electron chi connectivity index (χ4n) is 2.54. The van der Waals surface area contributed by atoms with Crippen LogP contribution >= 0.6 is 11.6 Å². The number of alkyl halides is 3. The van der Waals surface area contributed by atoms with Gasteiger partial charge in [-0.15, -0.1) is 0 Å². The number of carbonyl (C=O) groups excluding carboxylic acids is 1. The van der Waals surface area contributed by atoms with E-state index in [1.54, 1.807) is 18.2 Å². The van der Waals surface area contributed by atoms with Gasteiger partial charge in [0, 0.05) is 17.2 Å². The van der Waals surface area contributed by atoms with E-state index in [1.807, 2.05) is 0 Å². The number of aliphatic carboxylic acids is 1. The van der Waals surface area contributed by atoms with Gasteiger partial charge in [0.25, 0.3) is 5.91 Å². The Kier molecular flexibility index (Phi) is 5.98. The molecule has 0 aliphatic carbocycles. The van der Waals surface area contributed by atoms with Crippen molar-refractivity contribution in [3.05, 3.63) is 88.3 Å². The summed E-state index contributed by atoms with van der Waals surface area (Å²) in [6.45, 7) is 0. The summed E-state index contributed by atoms with van der Waals surface area (Å²) in [5.74, 6) is -1.82. The highest BCUT2D eigenvalue weighted by molar-refractivity contribution is 6.33. The third-order valence-corrected chi connectivity index (χ3v) is 4.30. The SMILES string of the molecule is O=C(O)/C(=C\c1ccc(-c2ccc(C(F)(F)F)cc2Cl)o1)NC(=O)c1ccccc1. The molecule has 0 saturated heterocycles. The maximum absolute atomic E-state index is 12.8. The molecule has 1 aromatic heterocycles. The van der Waals surface area contributed by atoms with Gasteiger partial charge in [0.1, 0.15) is 17.2 Å². The zero-order valence-corrected chi connectivity index (χ0v) is 15.8. The number of hydrogen-bond donors (Lipinski definition) is 2. The smallest absolute Gasteiger partial charge is 0.416 e. The number of carboxylic acid groups (broad SMARTS) is 1. The van der Waals surface area contributed by atoms with Gasteiger partial charge in [0.15, 0.2) is 0 Å². The molecular formula is C21H13ClF3NO4. The number of hydrogen-bond acceptors (Lipinski definition) is 3. The summed E-state index contributed by atoms with van der Waals surface area (Å²) in [5, 5.41) is 11.5. The normalized spacial score (nSPS) is 11.9. The molecule has 0 atom stereocenters. The summed E-state index contributed by atoms with van der Waals surface area (Å²) in [4.78, 5) is 23.7. The van der Waals surface area contributed by atoms with Crippen molar-refractivity contribution in [2.45, 2.75) is 6.18 Å². The summed E-state index contributed by atoms with van der Waals surface area (Å²) in [7, 11) is 0. The van der Waals surface area contributed by atoms with Crippen molar-refractivity contribution in [1.29, 1.82) is 0 Å². The molecule has 0 spiro atoms. The molecule has 0 aliphatic heterocycles. The summed E-state index contributed by atoms with van der Waals surface area (Å²) in [5.41, 5.74) is -0.876. The highest BCUT2D eigenvalue weighted by Gasteiger charge is 2.31. The van der Waals surface area contributed by atoms with Gasteiger partial charge in [-0.05, 0) is 42.5 Å². The van der Waals surface area contributed by atoms with Gasteiger partial charge in [-0.1, -0.05) is 29.8 Å². The summed E-state index contributed by atoms with van der Waals surface area (Å²) in [6, 6.07) is 13.6. The second-order valence-corrected chi connectivity index (χ2v) is 6.48.